The second kappa shape index (κ2) is 7.62. The van der Waals surface area contributed by atoms with Crippen molar-refractivity contribution in [3.05, 3.63) is 29.8 Å². The van der Waals surface area contributed by atoms with Crippen LogP contribution < -0.4 is 10.1 Å². The van der Waals surface area contributed by atoms with Crippen molar-refractivity contribution in [3.63, 3.8) is 0 Å². The number of nitrogens with zero attached hydrogens (tertiary/aromatic N) is 1. The van der Waals surface area contributed by atoms with Crippen LogP contribution in [-0.2, 0) is 6.42 Å². The van der Waals surface area contributed by atoms with E-state index in [1.165, 1.54) is 5.56 Å². The van der Waals surface area contributed by atoms with Crippen molar-refractivity contribution >= 4 is 12.4 Å². The number of benzene rings is 1. The van der Waals surface area contributed by atoms with Gasteiger partial charge in [0.25, 0.3) is 0 Å². The molecule has 1 fully saturated rings. The average molecular weight is 271 g/mol. The van der Waals surface area contributed by atoms with E-state index < -0.39 is 0 Å². The van der Waals surface area contributed by atoms with Gasteiger partial charge in [-0.25, -0.2) is 0 Å². The molecule has 2 rings (SSSR count). The maximum atomic E-state index is 5.16. The van der Waals surface area contributed by atoms with Crippen LogP contribution in [0.3, 0.4) is 0 Å². The van der Waals surface area contributed by atoms with Crippen LogP contribution in [0, 0.1) is 0 Å². The number of nitrogens with one attached hydrogen (secondary N) is 1. The molecular formula is C14H23ClN2O. The number of piperazine rings is 1. The number of rotatable bonds is 4. The fourth-order valence-corrected chi connectivity index (χ4v) is 2.28. The second-order valence-electron chi connectivity index (χ2n) is 4.69. The van der Waals surface area contributed by atoms with Crippen molar-refractivity contribution in [2.24, 2.45) is 0 Å². The summed E-state index contributed by atoms with van der Waals surface area (Å²) in [4.78, 5) is 2.56. The molecule has 0 unspecified atom stereocenters. The molecule has 4 heteroatoms. The summed E-state index contributed by atoms with van der Waals surface area (Å²) >= 11 is 0. The first-order chi connectivity index (χ1) is 8.29. The summed E-state index contributed by atoms with van der Waals surface area (Å²) < 4.78 is 5.16. The topological polar surface area (TPSA) is 24.5 Å². The van der Waals surface area contributed by atoms with Gasteiger partial charge in [0.05, 0.1) is 7.11 Å². The number of hydrogen-bond donors (Lipinski definition) is 1. The van der Waals surface area contributed by atoms with E-state index >= 15 is 0 Å². The Balaban J connectivity index is 0.00000162. The molecule has 18 heavy (non-hydrogen) atoms. The second-order valence-corrected chi connectivity index (χ2v) is 4.69. The summed E-state index contributed by atoms with van der Waals surface area (Å²) in [5, 5.41) is 3.42. The SMILES string of the molecule is COc1ccc(CCN2CCNC[C@H]2C)cc1.Cl. The third-order valence-electron chi connectivity index (χ3n) is 3.49. The summed E-state index contributed by atoms with van der Waals surface area (Å²) in [5.74, 6) is 0.935. The van der Waals surface area contributed by atoms with Gasteiger partial charge in [-0.1, -0.05) is 12.1 Å². The molecule has 0 radical (unpaired) electrons. The zero-order valence-electron chi connectivity index (χ0n) is 11.2. The van der Waals surface area contributed by atoms with Crippen molar-refractivity contribution in [3.8, 4) is 5.75 Å². The fraction of sp³-hybridized carbons (Fsp3) is 0.571. The third kappa shape index (κ3) is 4.16. The molecule has 102 valence electrons. The Morgan fingerprint density at radius 2 is 2.06 bits per heavy atom. The van der Waals surface area contributed by atoms with E-state index in [0.29, 0.717) is 6.04 Å². The highest BCUT2D eigenvalue weighted by molar-refractivity contribution is 5.85. The molecule has 0 saturated carbocycles. The van der Waals surface area contributed by atoms with E-state index in [2.05, 4.69) is 29.3 Å². The summed E-state index contributed by atoms with van der Waals surface area (Å²) in [6.07, 6.45) is 1.12. The largest absolute Gasteiger partial charge is 0.497 e. The summed E-state index contributed by atoms with van der Waals surface area (Å²) in [5.41, 5.74) is 1.39. The molecule has 1 aliphatic heterocycles. The number of methoxy groups -OCH3 is 1. The van der Waals surface area contributed by atoms with Crippen molar-refractivity contribution in [1.29, 1.82) is 0 Å². The Hall–Kier alpha value is -0.770. The molecular weight excluding hydrogens is 248 g/mol. The molecule has 1 aromatic rings. The van der Waals surface area contributed by atoms with Gasteiger partial charge in [0.15, 0.2) is 0 Å². The molecule has 1 atom stereocenters. The van der Waals surface area contributed by atoms with Gasteiger partial charge in [-0.15, -0.1) is 12.4 Å². The first-order valence-corrected chi connectivity index (χ1v) is 6.37. The zero-order valence-corrected chi connectivity index (χ0v) is 12.0. The van der Waals surface area contributed by atoms with Crippen LogP contribution in [0.1, 0.15) is 12.5 Å². The molecule has 1 N–H and O–H groups in total. The molecule has 0 amide bonds. The highest BCUT2D eigenvalue weighted by Gasteiger charge is 2.16. The lowest BCUT2D eigenvalue weighted by Gasteiger charge is -2.33. The standard InChI is InChI=1S/C14H22N2O.ClH/c1-12-11-15-8-10-16(12)9-7-13-3-5-14(17-2)6-4-13;/h3-6,12,15H,7-11H2,1-2H3;1H/t12-;/m1./s1. The van der Waals surface area contributed by atoms with Gasteiger partial charge in [0.1, 0.15) is 5.75 Å². The Morgan fingerprint density at radius 1 is 1.33 bits per heavy atom. The van der Waals surface area contributed by atoms with Crippen LogP contribution in [0.4, 0.5) is 0 Å². The van der Waals surface area contributed by atoms with Gasteiger partial charge in [0, 0.05) is 32.2 Å². The van der Waals surface area contributed by atoms with E-state index in [4.69, 9.17) is 4.74 Å². The predicted octanol–water partition coefficient (Wildman–Crippen LogP) is 1.95. The quantitative estimate of drug-likeness (QED) is 0.905. The Bertz CT molecular complexity index is 342. The summed E-state index contributed by atoms with van der Waals surface area (Å²) in [6.45, 7) is 6.84. The van der Waals surface area contributed by atoms with Crippen LogP contribution in [0.5, 0.6) is 5.75 Å². The van der Waals surface area contributed by atoms with E-state index in [9.17, 15) is 0 Å². The Kier molecular flexibility index (Phi) is 6.47. The highest BCUT2D eigenvalue weighted by atomic mass is 35.5. The van der Waals surface area contributed by atoms with Gasteiger partial charge < -0.3 is 10.1 Å². The molecule has 0 bridgehead atoms. The molecule has 3 nitrogen and oxygen atoms in total. The van der Waals surface area contributed by atoms with Crippen molar-refractivity contribution in [1.82, 2.24) is 10.2 Å². The molecule has 0 spiro atoms. The summed E-state index contributed by atoms with van der Waals surface area (Å²) in [7, 11) is 1.71. The minimum Gasteiger partial charge on any atom is -0.497 e. The number of ether oxygens (including phenoxy) is 1. The van der Waals surface area contributed by atoms with Crippen LogP contribution in [-0.4, -0.2) is 44.2 Å². The zero-order chi connectivity index (χ0) is 12.1. The third-order valence-corrected chi connectivity index (χ3v) is 3.49. The molecule has 1 aromatic carbocycles. The Morgan fingerprint density at radius 3 is 2.67 bits per heavy atom. The van der Waals surface area contributed by atoms with Crippen LogP contribution in [0.25, 0.3) is 0 Å². The van der Waals surface area contributed by atoms with Crippen LogP contribution in [0.2, 0.25) is 0 Å². The average Bonchev–Trinajstić information content (AvgIpc) is 2.38. The minimum absolute atomic E-state index is 0. The van der Waals surface area contributed by atoms with Crippen LogP contribution >= 0.6 is 12.4 Å². The van der Waals surface area contributed by atoms with Crippen LogP contribution in [0.15, 0.2) is 24.3 Å². The lowest BCUT2D eigenvalue weighted by atomic mass is 10.1. The van der Waals surface area contributed by atoms with E-state index in [0.717, 1.165) is 38.3 Å². The lowest BCUT2D eigenvalue weighted by Crippen LogP contribution is -2.50. The van der Waals surface area contributed by atoms with Gasteiger partial charge in [-0.05, 0) is 31.0 Å². The monoisotopic (exact) mass is 270 g/mol. The maximum Gasteiger partial charge on any atom is 0.118 e. The molecule has 0 aliphatic carbocycles. The molecule has 1 aliphatic rings. The van der Waals surface area contributed by atoms with E-state index in [-0.39, 0.29) is 12.4 Å². The van der Waals surface area contributed by atoms with Crippen molar-refractivity contribution in [2.75, 3.05) is 33.3 Å². The predicted molar refractivity (Wildman–Crippen MR) is 77.9 cm³/mol. The lowest BCUT2D eigenvalue weighted by molar-refractivity contribution is 0.176. The first kappa shape index (κ1) is 15.3. The van der Waals surface area contributed by atoms with Crippen molar-refractivity contribution in [2.45, 2.75) is 19.4 Å². The van der Waals surface area contributed by atoms with Gasteiger partial charge in [0.2, 0.25) is 0 Å². The Labute approximate surface area is 116 Å². The highest BCUT2D eigenvalue weighted by Crippen LogP contribution is 2.12. The molecule has 1 saturated heterocycles. The van der Waals surface area contributed by atoms with Gasteiger partial charge >= 0.3 is 0 Å². The summed E-state index contributed by atoms with van der Waals surface area (Å²) in [6, 6.07) is 9.05. The smallest absolute Gasteiger partial charge is 0.118 e. The fourth-order valence-electron chi connectivity index (χ4n) is 2.28. The van der Waals surface area contributed by atoms with Crippen molar-refractivity contribution < 1.29 is 4.74 Å². The van der Waals surface area contributed by atoms with Gasteiger partial charge in [-0.2, -0.15) is 0 Å². The number of hydrogen-bond acceptors (Lipinski definition) is 3. The van der Waals surface area contributed by atoms with Gasteiger partial charge in [-0.3, -0.25) is 4.90 Å². The minimum atomic E-state index is 0. The van der Waals surface area contributed by atoms with E-state index in [1.807, 2.05) is 12.1 Å². The maximum absolute atomic E-state index is 5.16. The molecule has 0 aromatic heterocycles. The first-order valence-electron chi connectivity index (χ1n) is 6.37. The van der Waals surface area contributed by atoms with E-state index in [1.54, 1.807) is 7.11 Å². The normalized spacial score (nSPS) is 20.2. The molecule has 1 heterocycles. The number of halogens is 1.